The maximum Gasteiger partial charge on any atom is 0.261 e. The molecule has 0 aromatic heterocycles. The maximum absolute atomic E-state index is 13.0. The van der Waals surface area contributed by atoms with E-state index in [0.29, 0.717) is 30.3 Å². The zero-order valence-electron chi connectivity index (χ0n) is 17.1. The Kier molecular flexibility index (Phi) is 9.51. The summed E-state index contributed by atoms with van der Waals surface area (Å²) in [7, 11) is 0. The second-order valence-corrected chi connectivity index (χ2v) is 7.26. The summed E-state index contributed by atoms with van der Waals surface area (Å²) >= 11 is 5.98. The van der Waals surface area contributed by atoms with Gasteiger partial charge in [-0.25, -0.2) is 0 Å². The highest BCUT2D eigenvalue weighted by Gasteiger charge is 2.28. The summed E-state index contributed by atoms with van der Waals surface area (Å²) in [6, 6.07) is 16.0. The molecular formula is C23H29ClN2O3. The van der Waals surface area contributed by atoms with Crippen molar-refractivity contribution in [1.82, 2.24) is 10.2 Å². The molecule has 0 aliphatic heterocycles. The number of amides is 2. The predicted molar refractivity (Wildman–Crippen MR) is 116 cm³/mol. The van der Waals surface area contributed by atoms with Crippen molar-refractivity contribution in [3.8, 4) is 5.75 Å². The molecule has 0 spiro atoms. The van der Waals surface area contributed by atoms with Gasteiger partial charge >= 0.3 is 0 Å². The van der Waals surface area contributed by atoms with E-state index in [1.807, 2.05) is 37.3 Å². The molecule has 1 N–H and O–H groups in total. The number of nitrogens with zero attached hydrogens (tertiary/aromatic N) is 1. The number of rotatable bonds is 11. The lowest BCUT2D eigenvalue weighted by Crippen LogP contribution is -2.50. The van der Waals surface area contributed by atoms with Crippen LogP contribution in [0.3, 0.4) is 0 Å². The quantitative estimate of drug-likeness (QED) is 0.551. The number of carbonyl (C=O) groups excluding carboxylic acids is 2. The van der Waals surface area contributed by atoms with Crippen LogP contribution < -0.4 is 10.1 Å². The zero-order chi connectivity index (χ0) is 21.1. The van der Waals surface area contributed by atoms with Gasteiger partial charge in [-0.15, -0.1) is 0 Å². The van der Waals surface area contributed by atoms with Crippen LogP contribution in [-0.4, -0.2) is 35.9 Å². The molecule has 6 heteroatoms. The monoisotopic (exact) mass is 416 g/mol. The average Bonchev–Trinajstić information content (AvgIpc) is 2.73. The SMILES string of the molecule is CCCCNC(=O)[C@@H](CC)N(Cc1ccccc1)C(=O)COc1cccc(Cl)c1. The van der Waals surface area contributed by atoms with E-state index in [9.17, 15) is 9.59 Å². The van der Waals surface area contributed by atoms with Gasteiger partial charge in [-0.1, -0.05) is 68.3 Å². The summed E-state index contributed by atoms with van der Waals surface area (Å²) < 4.78 is 5.63. The average molecular weight is 417 g/mol. The van der Waals surface area contributed by atoms with E-state index in [2.05, 4.69) is 12.2 Å². The highest BCUT2D eigenvalue weighted by Crippen LogP contribution is 2.18. The van der Waals surface area contributed by atoms with E-state index in [1.165, 1.54) is 0 Å². The van der Waals surface area contributed by atoms with E-state index in [-0.39, 0.29) is 18.4 Å². The number of hydrogen-bond donors (Lipinski definition) is 1. The van der Waals surface area contributed by atoms with Crippen molar-refractivity contribution >= 4 is 23.4 Å². The molecule has 0 aliphatic carbocycles. The van der Waals surface area contributed by atoms with E-state index in [4.69, 9.17) is 16.3 Å². The van der Waals surface area contributed by atoms with Gasteiger partial charge in [-0.3, -0.25) is 9.59 Å². The van der Waals surface area contributed by atoms with Gasteiger partial charge in [-0.05, 0) is 36.6 Å². The fraction of sp³-hybridized carbons (Fsp3) is 0.391. The van der Waals surface area contributed by atoms with Crippen molar-refractivity contribution in [3.05, 3.63) is 65.2 Å². The maximum atomic E-state index is 13.0. The number of ether oxygens (including phenoxy) is 1. The van der Waals surface area contributed by atoms with Crippen LogP contribution >= 0.6 is 11.6 Å². The Hall–Kier alpha value is -2.53. The lowest BCUT2D eigenvalue weighted by atomic mass is 10.1. The van der Waals surface area contributed by atoms with Crippen LogP contribution in [0.1, 0.15) is 38.7 Å². The molecule has 2 rings (SSSR count). The van der Waals surface area contributed by atoms with Crippen molar-refractivity contribution < 1.29 is 14.3 Å². The second-order valence-electron chi connectivity index (χ2n) is 6.82. The Balaban J connectivity index is 2.13. The highest BCUT2D eigenvalue weighted by molar-refractivity contribution is 6.30. The minimum Gasteiger partial charge on any atom is -0.484 e. The summed E-state index contributed by atoms with van der Waals surface area (Å²) in [6.45, 7) is 4.78. The molecule has 0 unspecified atom stereocenters. The van der Waals surface area contributed by atoms with Crippen LogP contribution in [0.4, 0.5) is 0 Å². The Morgan fingerprint density at radius 1 is 1.10 bits per heavy atom. The third-order valence-corrected chi connectivity index (χ3v) is 4.80. The third-order valence-electron chi connectivity index (χ3n) is 4.57. The van der Waals surface area contributed by atoms with E-state index in [1.54, 1.807) is 29.2 Å². The summed E-state index contributed by atoms with van der Waals surface area (Å²) in [5.41, 5.74) is 0.961. The van der Waals surface area contributed by atoms with Crippen LogP contribution in [0.25, 0.3) is 0 Å². The van der Waals surface area contributed by atoms with Gasteiger partial charge in [0.05, 0.1) is 0 Å². The van der Waals surface area contributed by atoms with Crippen LogP contribution in [0.5, 0.6) is 5.75 Å². The van der Waals surface area contributed by atoms with Crippen LogP contribution in [0.15, 0.2) is 54.6 Å². The summed E-state index contributed by atoms with van der Waals surface area (Å²) in [6.07, 6.45) is 2.43. The number of halogens is 1. The van der Waals surface area contributed by atoms with Crippen molar-refractivity contribution in [2.75, 3.05) is 13.2 Å². The van der Waals surface area contributed by atoms with Crippen LogP contribution in [0, 0.1) is 0 Å². The minimum absolute atomic E-state index is 0.131. The van der Waals surface area contributed by atoms with Gasteiger partial charge in [0.15, 0.2) is 6.61 Å². The standard InChI is InChI=1S/C23H29ClN2O3/c1-3-5-14-25-23(28)21(4-2)26(16-18-10-7-6-8-11-18)22(27)17-29-20-13-9-12-19(24)15-20/h6-13,15,21H,3-5,14,16-17H2,1-2H3,(H,25,28)/t21-/m1/s1. The molecule has 2 aromatic rings. The Morgan fingerprint density at radius 2 is 1.86 bits per heavy atom. The third kappa shape index (κ3) is 7.42. The first-order valence-corrected chi connectivity index (χ1v) is 10.4. The van der Waals surface area contributed by atoms with Gasteiger partial charge in [-0.2, -0.15) is 0 Å². The number of nitrogens with one attached hydrogen (secondary N) is 1. The van der Waals surface area contributed by atoms with Gasteiger partial charge in [0.2, 0.25) is 5.91 Å². The van der Waals surface area contributed by atoms with E-state index in [0.717, 1.165) is 18.4 Å². The summed E-state index contributed by atoms with van der Waals surface area (Å²) in [5.74, 6) is 0.144. The van der Waals surface area contributed by atoms with Gasteiger partial charge in [0, 0.05) is 18.1 Å². The molecule has 0 saturated carbocycles. The Morgan fingerprint density at radius 3 is 2.52 bits per heavy atom. The molecule has 5 nitrogen and oxygen atoms in total. The van der Waals surface area contributed by atoms with Crippen molar-refractivity contribution in [3.63, 3.8) is 0 Å². The molecule has 1 atom stereocenters. The second kappa shape index (κ2) is 12.1. The lowest BCUT2D eigenvalue weighted by Gasteiger charge is -2.30. The largest absolute Gasteiger partial charge is 0.484 e. The van der Waals surface area contributed by atoms with Crippen LogP contribution in [0.2, 0.25) is 5.02 Å². The molecule has 0 radical (unpaired) electrons. The van der Waals surface area contributed by atoms with Gasteiger partial charge in [0.1, 0.15) is 11.8 Å². The summed E-state index contributed by atoms with van der Waals surface area (Å²) in [4.78, 5) is 27.4. The fourth-order valence-electron chi connectivity index (χ4n) is 2.99. The molecular weight excluding hydrogens is 388 g/mol. The van der Waals surface area contributed by atoms with Gasteiger partial charge in [0.25, 0.3) is 5.91 Å². The predicted octanol–water partition coefficient (Wildman–Crippen LogP) is 4.44. The Labute approximate surface area is 178 Å². The topological polar surface area (TPSA) is 58.6 Å². The summed E-state index contributed by atoms with van der Waals surface area (Å²) in [5, 5.41) is 3.49. The molecule has 0 saturated heterocycles. The molecule has 29 heavy (non-hydrogen) atoms. The normalized spacial score (nSPS) is 11.6. The smallest absolute Gasteiger partial charge is 0.261 e. The molecule has 0 aliphatic rings. The lowest BCUT2D eigenvalue weighted by molar-refractivity contribution is -0.143. The van der Waals surface area contributed by atoms with Crippen LogP contribution in [-0.2, 0) is 16.1 Å². The molecule has 2 aromatic carbocycles. The number of unbranched alkanes of at least 4 members (excludes halogenated alkanes) is 1. The number of benzene rings is 2. The molecule has 0 fully saturated rings. The van der Waals surface area contributed by atoms with Gasteiger partial charge < -0.3 is 15.0 Å². The zero-order valence-corrected chi connectivity index (χ0v) is 17.8. The minimum atomic E-state index is -0.553. The van der Waals surface area contributed by atoms with Crippen molar-refractivity contribution in [2.24, 2.45) is 0 Å². The first-order chi connectivity index (χ1) is 14.0. The molecule has 0 bridgehead atoms. The number of carbonyl (C=O) groups is 2. The first kappa shape index (κ1) is 22.8. The molecule has 156 valence electrons. The highest BCUT2D eigenvalue weighted by atomic mass is 35.5. The first-order valence-electron chi connectivity index (χ1n) is 10.0. The van der Waals surface area contributed by atoms with E-state index >= 15 is 0 Å². The van der Waals surface area contributed by atoms with E-state index < -0.39 is 6.04 Å². The molecule has 0 heterocycles. The molecule has 2 amide bonds. The number of hydrogen-bond acceptors (Lipinski definition) is 3. The Bertz CT molecular complexity index is 783. The van der Waals surface area contributed by atoms with Crippen molar-refractivity contribution in [2.45, 2.75) is 45.7 Å². The van der Waals surface area contributed by atoms with Crippen molar-refractivity contribution in [1.29, 1.82) is 0 Å². The fourth-order valence-corrected chi connectivity index (χ4v) is 3.17.